The molecule has 0 amide bonds. The molecule has 3 nitrogen and oxygen atoms in total. The van der Waals surface area contributed by atoms with Crippen molar-refractivity contribution in [2.75, 3.05) is 0 Å². The summed E-state index contributed by atoms with van der Waals surface area (Å²) in [6, 6.07) is 2.21. The van der Waals surface area contributed by atoms with E-state index in [0.717, 1.165) is 0 Å². The molecular weight excluding hydrogens is 213 g/mol. The molecule has 5 heteroatoms. The van der Waals surface area contributed by atoms with Crippen LogP contribution in [0.2, 0.25) is 10.0 Å². The summed E-state index contributed by atoms with van der Waals surface area (Å²) in [4.78, 5) is 10.2. The van der Waals surface area contributed by atoms with Gasteiger partial charge in [0.15, 0.2) is 0 Å². The second-order valence-corrected chi connectivity index (χ2v) is 3.45. The lowest BCUT2D eigenvalue weighted by molar-refractivity contribution is 0.464. The van der Waals surface area contributed by atoms with E-state index < -0.39 is 6.04 Å². The first-order valence-electron chi connectivity index (χ1n) is 3.56. The SMILES string of the molecule is CC(N=O)c1cc(Cl)cc(Cl)c1O. The van der Waals surface area contributed by atoms with Crippen LogP contribution in [0.4, 0.5) is 0 Å². The minimum Gasteiger partial charge on any atom is -0.506 e. The van der Waals surface area contributed by atoms with Gasteiger partial charge < -0.3 is 5.11 Å². The van der Waals surface area contributed by atoms with E-state index in [-0.39, 0.29) is 10.8 Å². The molecule has 1 unspecified atom stereocenters. The lowest BCUT2D eigenvalue weighted by atomic mass is 10.1. The monoisotopic (exact) mass is 219 g/mol. The Labute approximate surface area is 85.3 Å². The Morgan fingerprint density at radius 1 is 1.46 bits per heavy atom. The maximum atomic E-state index is 10.2. The zero-order valence-corrected chi connectivity index (χ0v) is 8.30. The van der Waals surface area contributed by atoms with Crippen LogP contribution in [0.5, 0.6) is 5.75 Å². The quantitative estimate of drug-likeness (QED) is 0.775. The average molecular weight is 220 g/mol. The van der Waals surface area contributed by atoms with Gasteiger partial charge in [0, 0.05) is 10.6 Å². The summed E-state index contributed by atoms with van der Waals surface area (Å²) < 4.78 is 0. The van der Waals surface area contributed by atoms with Gasteiger partial charge in [0.25, 0.3) is 0 Å². The number of aromatic hydroxyl groups is 1. The molecule has 1 atom stereocenters. The highest BCUT2D eigenvalue weighted by atomic mass is 35.5. The van der Waals surface area contributed by atoms with Gasteiger partial charge in [-0.3, -0.25) is 0 Å². The van der Waals surface area contributed by atoms with Crippen molar-refractivity contribution in [1.29, 1.82) is 0 Å². The fourth-order valence-electron chi connectivity index (χ4n) is 0.961. The number of hydrogen-bond acceptors (Lipinski definition) is 3. The smallest absolute Gasteiger partial charge is 0.139 e. The van der Waals surface area contributed by atoms with Gasteiger partial charge in [0.05, 0.1) is 5.02 Å². The minimum absolute atomic E-state index is 0.123. The Balaban J connectivity index is 3.27. The third kappa shape index (κ3) is 2.11. The number of nitrogens with zero attached hydrogens (tertiary/aromatic N) is 1. The topological polar surface area (TPSA) is 49.7 Å². The van der Waals surface area contributed by atoms with E-state index in [1.54, 1.807) is 6.92 Å². The highest BCUT2D eigenvalue weighted by Crippen LogP contribution is 2.35. The van der Waals surface area contributed by atoms with E-state index in [1.807, 2.05) is 0 Å². The molecule has 1 aromatic carbocycles. The van der Waals surface area contributed by atoms with Crippen molar-refractivity contribution >= 4 is 23.2 Å². The summed E-state index contributed by atoms with van der Waals surface area (Å²) in [6.45, 7) is 1.55. The molecule has 1 aromatic rings. The standard InChI is InChI=1S/C8H7Cl2NO2/c1-4(11-13)6-2-5(9)3-7(10)8(6)12/h2-4,12H,1H3. The number of nitroso groups, excluding NO2 is 1. The zero-order valence-electron chi connectivity index (χ0n) is 6.79. The molecule has 0 fully saturated rings. The first kappa shape index (κ1) is 10.3. The molecule has 13 heavy (non-hydrogen) atoms. The highest BCUT2D eigenvalue weighted by molar-refractivity contribution is 6.35. The van der Waals surface area contributed by atoms with E-state index in [4.69, 9.17) is 23.2 Å². The lowest BCUT2D eigenvalue weighted by Crippen LogP contribution is -1.89. The van der Waals surface area contributed by atoms with Crippen LogP contribution in [0.1, 0.15) is 18.5 Å². The Morgan fingerprint density at radius 3 is 2.62 bits per heavy atom. The van der Waals surface area contributed by atoms with E-state index in [9.17, 15) is 10.0 Å². The first-order valence-corrected chi connectivity index (χ1v) is 4.32. The van der Waals surface area contributed by atoms with Crippen LogP contribution in [0.3, 0.4) is 0 Å². The summed E-state index contributed by atoms with van der Waals surface area (Å²) in [5.74, 6) is -0.141. The molecule has 0 saturated heterocycles. The normalized spacial score (nSPS) is 12.5. The van der Waals surface area contributed by atoms with E-state index in [2.05, 4.69) is 5.18 Å². The zero-order chi connectivity index (χ0) is 10.0. The van der Waals surface area contributed by atoms with Crippen LogP contribution in [0, 0.1) is 4.91 Å². The molecule has 0 saturated carbocycles. The number of hydrogen-bond donors (Lipinski definition) is 1. The molecule has 0 spiro atoms. The molecule has 0 aliphatic rings. The van der Waals surface area contributed by atoms with Crippen LogP contribution in [0.15, 0.2) is 17.3 Å². The van der Waals surface area contributed by atoms with Crippen molar-refractivity contribution < 1.29 is 5.11 Å². The second-order valence-electron chi connectivity index (χ2n) is 2.61. The third-order valence-electron chi connectivity index (χ3n) is 1.67. The van der Waals surface area contributed by atoms with Gasteiger partial charge in [-0.25, -0.2) is 0 Å². The van der Waals surface area contributed by atoms with Crippen LogP contribution >= 0.6 is 23.2 Å². The van der Waals surface area contributed by atoms with E-state index >= 15 is 0 Å². The number of phenols is 1. The van der Waals surface area contributed by atoms with Gasteiger partial charge in [-0.05, 0) is 19.1 Å². The largest absolute Gasteiger partial charge is 0.506 e. The summed E-state index contributed by atoms with van der Waals surface area (Å²) in [6.07, 6.45) is 0. The fraction of sp³-hybridized carbons (Fsp3) is 0.250. The van der Waals surface area contributed by atoms with Crippen molar-refractivity contribution in [3.05, 3.63) is 32.6 Å². The van der Waals surface area contributed by atoms with Gasteiger partial charge in [-0.1, -0.05) is 28.4 Å². The maximum Gasteiger partial charge on any atom is 0.139 e. The summed E-state index contributed by atoms with van der Waals surface area (Å²) >= 11 is 11.3. The van der Waals surface area contributed by atoms with Crippen molar-refractivity contribution in [1.82, 2.24) is 0 Å². The van der Waals surface area contributed by atoms with Crippen molar-refractivity contribution in [2.24, 2.45) is 5.18 Å². The molecule has 0 bridgehead atoms. The molecule has 0 aliphatic heterocycles. The Morgan fingerprint density at radius 2 is 2.08 bits per heavy atom. The summed E-state index contributed by atoms with van der Waals surface area (Å²) in [7, 11) is 0. The van der Waals surface area contributed by atoms with E-state index in [1.165, 1.54) is 12.1 Å². The van der Waals surface area contributed by atoms with Crippen LogP contribution < -0.4 is 0 Å². The van der Waals surface area contributed by atoms with Crippen LogP contribution in [0.25, 0.3) is 0 Å². The second kappa shape index (κ2) is 3.94. The summed E-state index contributed by atoms with van der Waals surface area (Å²) in [5.41, 5.74) is 0.340. The molecule has 0 heterocycles. The average Bonchev–Trinajstić information content (AvgIpc) is 2.10. The molecule has 70 valence electrons. The Bertz CT molecular complexity index is 341. The first-order chi connectivity index (χ1) is 6.06. The molecule has 0 aromatic heterocycles. The predicted octanol–water partition coefficient (Wildman–Crippen LogP) is 3.53. The number of rotatable bonds is 2. The third-order valence-corrected chi connectivity index (χ3v) is 2.17. The van der Waals surface area contributed by atoms with Crippen LogP contribution in [-0.2, 0) is 0 Å². The van der Waals surface area contributed by atoms with Gasteiger partial charge in [0.1, 0.15) is 11.8 Å². The van der Waals surface area contributed by atoms with Crippen molar-refractivity contribution in [3.8, 4) is 5.75 Å². The van der Waals surface area contributed by atoms with Gasteiger partial charge in [-0.15, -0.1) is 0 Å². The van der Waals surface area contributed by atoms with Crippen molar-refractivity contribution in [3.63, 3.8) is 0 Å². The highest BCUT2D eigenvalue weighted by Gasteiger charge is 2.14. The Kier molecular flexibility index (Phi) is 3.12. The van der Waals surface area contributed by atoms with Gasteiger partial charge in [-0.2, -0.15) is 4.91 Å². The summed E-state index contributed by atoms with van der Waals surface area (Å²) in [5, 5.41) is 12.7. The fourth-order valence-corrected chi connectivity index (χ4v) is 1.47. The van der Waals surface area contributed by atoms with Gasteiger partial charge >= 0.3 is 0 Å². The number of benzene rings is 1. The maximum absolute atomic E-state index is 10.2. The molecule has 0 aliphatic carbocycles. The van der Waals surface area contributed by atoms with E-state index in [0.29, 0.717) is 10.6 Å². The molecule has 0 radical (unpaired) electrons. The molecule has 1 N–H and O–H groups in total. The number of halogens is 2. The predicted molar refractivity (Wildman–Crippen MR) is 52.3 cm³/mol. The van der Waals surface area contributed by atoms with Crippen molar-refractivity contribution in [2.45, 2.75) is 13.0 Å². The minimum atomic E-state index is -0.656. The number of phenolic OH excluding ortho intramolecular Hbond substituents is 1. The lowest BCUT2D eigenvalue weighted by Gasteiger charge is -2.07. The molecule has 1 rings (SSSR count). The van der Waals surface area contributed by atoms with Crippen LogP contribution in [-0.4, -0.2) is 5.11 Å². The molecular formula is C8H7Cl2NO2. The van der Waals surface area contributed by atoms with Gasteiger partial charge in [0.2, 0.25) is 0 Å². The Hall–Kier alpha value is -0.800.